The Balaban J connectivity index is 2.16. The zero-order chi connectivity index (χ0) is 13.1. The molecular formula is C13H18ClN3O. The number of halogens is 1. The Morgan fingerprint density at radius 1 is 1.50 bits per heavy atom. The molecule has 0 saturated carbocycles. The summed E-state index contributed by atoms with van der Waals surface area (Å²) < 4.78 is 0. The van der Waals surface area contributed by atoms with Crippen LogP contribution in [0, 0.1) is 5.92 Å². The number of nitrogens with two attached hydrogens (primary N) is 2. The first kappa shape index (κ1) is 13.2. The highest BCUT2D eigenvalue weighted by atomic mass is 35.5. The van der Waals surface area contributed by atoms with Gasteiger partial charge in [0.2, 0.25) is 5.91 Å². The summed E-state index contributed by atoms with van der Waals surface area (Å²) in [7, 11) is 0. The van der Waals surface area contributed by atoms with Crippen LogP contribution in [0.15, 0.2) is 18.2 Å². The number of hydrogen-bond acceptors (Lipinski definition) is 3. The second kappa shape index (κ2) is 5.59. The standard InChI is InChI=1S/C13H18ClN3O/c14-12-6-11(4-3-9(12)7-15)17-5-1-2-10(8-17)13(16)18/h3-4,6,10H,1-2,5,7-8,15H2,(H2,16,18). The Kier molecular flexibility index (Phi) is 4.09. The van der Waals surface area contributed by atoms with Crippen molar-refractivity contribution in [1.29, 1.82) is 0 Å². The third kappa shape index (κ3) is 2.76. The first-order valence-corrected chi connectivity index (χ1v) is 6.52. The summed E-state index contributed by atoms with van der Waals surface area (Å²) >= 11 is 6.15. The van der Waals surface area contributed by atoms with Crippen molar-refractivity contribution in [2.75, 3.05) is 18.0 Å². The molecule has 1 aliphatic rings. The largest absolute Gasteiger partial charge is 0.371 e. The summed E-state index contributed by atoms with van der Waals surface area (Å²) in [5.41, 5.74) is 12.9. The summed E-state index contributed by atoms with van der Waals surface area (Å²) in [6.07, 6.45) is 1.85. The van der Waals surface area contributed by atoms with Gasteiger partial charge in [0, 0.05) is 30.3 Å². The molecule has 0 spiro atoms. The van der Waals surface area contributed by atoms with E-state index >= 15 is 0 Å². The van der Waals surface area contributed by atoms with E-state index in [0.717, 1.165) is 30.6 Å². The number of nitrogens with zero attached hydrogens (tertiary/aromatic N) is 1. The second-order valence-corrected chi connectivity index (χ2v) is 5.07. The lowest BCUT2D eigenvalue weighted by molar-refractivity contribution is -0.122. The molecule has 4 nitrogen and oxygen atoms in total. The molecule has 1 fully saturated rings. The number of anilines is 1. The molecule has 1 unspecified atom stereocenters. The Morgan fingerprint density at radius 3 is 2.89 bits per heavy atom. The highest BCUT2D eigenvalue weighted by molar-refractivity contribution is 6.31. The minimum absolute atomic E-state index is 0.0632. The summed E-state index contributed by atoms with van der Waals surface area (Å²) in [5, 5.41) is 0.677. The van der Waals surface area contributed by atoms with E-state index in [1.807, 2.05) is 18.2 Å². The fraction of sp³-hybridized carbons (Fsp3) is 0.462. The van der Waals surface area contributed by atoms with E-state index in [2.05, 4.69) is 4.90 Å². The average molecular weight is 268 g/mol. The van der Waals surface area contributed by atoms with Gasteiger partial charge in [-0.2, -0.15) is 0 Å². The first-order valence-electron chi connectivity index (χ1n) is 6.14. The number of hydrogen-bond donors (Lipinski definition) is 2. The molecule has 2 rings (SSSR count). The maximum Gasteiger partial charge on any atom is 0.222 e. The lowest BCUT2D eigenvalue weighted by atomic mass is 9.97. The number of piperidine rings is 1. The van der Waals surface area contributed by atoms with E-state index in [4.69, 9.17) is 23.1 Å². The number of amides is 1. The van der Waals surface area contributed by atoms with Gasteiger partial charge in [-0.3, -0.25) is 4.79 Å². The lowest BCUT2D eigenvalue weighted by Gasteiger charge is -2.33. The summed E-state index contributed by atoms with van der Waals surface area (Å²) in [6, 6.07) is 5.84. The molecule has 1 aliphatic heterocycles. The van der Waals surface area contributed by atoms with Gasteiger partial charge in [0.15, 0.2) is 0 Å². The quantitative estimate of drug-likeness (QED) is 0.872. The molecule has 0 bridgehead atoms. The normalized spacial score (nSPS) is 19.9. The fourth-order valence-electron chi connectivity index (χ4n) is 2.34. The number of rotatable bonds is 3. The van der Waals surface area contributed by atoms with E-state index in [1.54, 1.807) is 0 Å². The smallest absolute Gasteiger partial charge is 0.222 e. The third-order valence-corrected chi connectivity index (χ3v) is 3.80. The van der Waals surface area contributed by atoms with Gasteiger partial charge in [0.25, 0.3) is 0 Å². The SMILES string of the molecule is NCc1ccc(N2CCCC(C(N)=O)C2)cc1Cl. The Bertz CT molecular complexity index is 450. The van der Waals surface area contributed by atoms with Crippen LogP contribution in [0.1, 0.15) is 18.4 Å². The molecule has 0 aromatic heterocycles. The van der Waals surface area contributed by atoms with Crippen molar-refractivity contribution in [3.8, 4) is 0 Å². The van der Waals surface area contributed by atoms with Crippen LogP contribution in [0.3, 0.4) is 0 Å². The third-order valence-electron chi connectivity index (χ3n) is 3.45. The molecule has 0 aliphatic carbocycles. The van der Waals surface area contributed by atoms with Crippen LogP contribution in [0.5, 0.6) is 0 Å². The molecular weight excluding hydrogens is 250 g/mol. The van der Waals surface area contributed by atoms with Crippen LogP contribution in [0.4, 0.5) is 5.69 Å². The molecule has 1 aromatic rings. The molecule has 98 valence electrons. The van der Waals surface area contributed by atoms with Gasteiger partial charge in [-0.25, -0.2) is 0 Å². The van der Waals surface area contributed by atoms with Gasteiger partial charge in [-0.05, 0) is 30.5 Å². The molecule has 1 heterocycles. The Hall–Kier alpha value is -1.26. The topological polar surface area (TPSA) is 72.3 Å². The minimum Gasteiger partial charge on any atom is -0.371 e. The fourth-order valence-corrected chi connectivity index (χ4v) is 2.59. The van der Waals surface area contributed by atoms with Crippen molar-refractivity contribution in [2.45, 2.75) is 19.4 Å². The molecule has 4 N–H and O–H groups in total. The van der Waals surface area contributed by atoms with Crippen LogP contribution in [-0.4, -0.2) is 19.0 Å². The number of carbonyl (C=O) groups is 1. The van der Waals surface area contributed by atoms with Crippen molar-refractivity contribution in [2.24, 2.45) is 17.4 Å². The average Bonchev–Trinajstić information content (AvgIpc) is 2.38. The molecule has 18 heavy (non-hydrogen) atoms. The first-order chi connectivity index (χ1) is 8.61. The van der Waals surface area contributed by atoms with Gasteiger partial charge >= 0.3 is 0 Å². The van der Waals surface area contributed by atoms with Gasteiger partial charge in [0.1, 0.15) is 0 Å². The zero-order valence-electron chi connectivity index (χ0n) is 10.2. The van der Waals surface area contributed by atoms with E-state index in [0.29, 0.717) is 18.1 Å². The summed E-state index contributed by atoms with van der Waals surface area (Å²) in [6.45, 7) is 2.04. The Morgan fingerprint density at radius 2 is 2.28 bits per heavy atom. The van der Waals surface area contributed by atoms with Gasteiger partial charge in [-0.15, -0.1) is 0 Å². The molecule has 1 amide bonds. The molecule has 1 saturated heterocycles. The van der Waals surface area contributed by atoms with Gasteiger partial charge < -0.3 is 16.4 Å². The number of carbonyl (C=O) groups excluding carboxylic acids is 1. The molecule has 0 radical (unpaired) electrons. The van der Waals surface area contributed by atoms with E-state index < -0.39 is 0 Å². The van der Waals surface area contributed by atoms with E-state index in [-0.39, 0.29) is 11.8 Å². The lowest BCUT2D eigenvalue weighted by Crippen LogP contribution is -2.41. The van der Waals surface area contributed by atoms with Crippen LogP contribution in [0.2, 0.25) is 5.02 Å². The van der Waals surface area contributed by atoms with E-state index in [1.165, 1.54) is 0 Å². The highest BCUT2D eigenvalue weighted by Gasteiger charge is 2.24. The predicted octanol–water partition coefficient (Wildman–Crippen LogP) is 1.50. The zero-order valence-corrected chi connectivity index (χ0v) is 11.0. The highest BCUT2D eigenvalue weighted by Crippen LogP contribution is 2.27. The molecule has 5 heteroatoms. The summed E-state index contributed by atoms with van der Waals surface area (Å²) in [4.78, 5) is 13.4. The van der Waals surface area contributed by atoms with Crippen LogP contribution >= 0.6 is 11.6 Å². The maximum atomic E-state index is 11.3. The monoisotopic (exact) mass is 267 g/mol. The van der Waals surface area contributed by atoms with Crippen molar-refractivity contribution in [3.05, 3.63) is 28.8 Å². The summed E-state index contributed by atoms with van der Waals surface area (Å²) in [5.74, 6) is -0.281. The van der Waals surface area contributed by atoms with Crippen LogP contribution in [-0.2, 0) is 11.3 Å². The maximum absolute atomic E-state index is 11.3. The predicted molar refractivity (Wildman–Crippen MR) is 73.5 cm³/mol. The van der Waals surface area contributed by atoms with Crippen LogP contribution < -0.4 is 16.4 Å². The van der Waals surface area contributed by atoms with Crippen molar-refractivity contribution < 1.29 is 4.79 Å². The van der Waals surface area contributed by atoms with E-state index in [9.17, 15) is 4.79 Å². The van der Waals surface area contributed by atoms with Crippen molar-refractivity contribution in [3.63, 3.8) is 0 Å². The minimum atomic E-state index is -0.218. The number of benzene rings is 1. The Labute approximate surface area is 112 Å². The van der Waals surface area contributed by atoms with Crippen molar-refractivity contribution >= 4 is 23.2 Å². The number of primary amides is 1. The molecule has 1 atom stereocenters. The van der Waals surface area contributed by atoms with Crippen LogP contribution in [0.25, 0.3) is 0 Å². The molecule has 1 aromatic carbocycles. The second-order valence-electron chi connectivity index (χ2n) is 4.67. The van der Waals surface area contributed by atoms with Crippen molar-refractivity contribution in [1.82, 2.24) is 0 Å². The van der Waals surface area contributed by atoms with Gasteiger partial charge in [-0.1, -0.05) is 17.7 Å². The van der Waals surface area contributed by atoms with Gasteiger partial charge in [0.05, 0.1) is 5.92 Å².